The SMILES string of the molecule is Cl.O=C(C1CCNCC1)N1CC2(CCC2)C1. The molecule has 0 radical (unpaired) electrons. The second-order valence-corrected chi connectivity index (χ2v) is 5.57. The monoisotopic (exact) mass is 244 g/mol. The second kappa shape index (κ2) is 4.53. The molecule has 0 unspecified atom stereocenters. The molecular formula is C12H21ClN2O. The third kappa shape index (κ3) is 1.95. The smallest absolute Gasteiger partial charge is 0.225 e. The summed E-state index contributed by atoms with van der Waals surface area (Å²) in [5.41, 5.74) is 0.586. The van der Waals surface area contributed by atoms with Crippen molar-refractivity contribution in [3.8, 4) is 0 Å². The van der Waals surface area contributed by atoms with Gasteiger partial charge in [0, 0.05) is 24.4 Å². The first kappa shape index (κ1) is 12.2. The van der Waals surface area contributed by atoms with Gasteiger partial charge >= 0.3 is 0 Å². The number of amides is 1. The molecule has 0 atom stereocenters. The summed E-state index contributed by atoms with van der Waals surface area (Å²) in [7, 11) is 0. The van der Waals surface area contributed by atoms with Crippen LogP contribution in [0.2, 0.25) is 0 Å². The fourth-order valence-corrected chi connectivity index (χ4v) is 3.24. The van der Waals surface area contributed by atoms with Crippen LogP contribution >= 0.6 is 12.4 Å². The Kier molecular flexibility index (Phi) is 3.45. The molecule has 4 heteroatoms. The lowest BCUT2D eigenvalue weighted by atomic mass is 9.63. The minimum Gasteiger partial charge on any atom is -0.341 e. The van der Waals surface area contributed by atoms with Gasteiger partial charge in [-0.05, 0) is 38.8 Å². The van der Waals surface area contributed by atoms with E-state index in [2.05, 4.69) is 10.2 Å². The van der Waals surface area contributed by atoms with Gasteiger partial charge in [-0.1, -0.05) is 6.42 Å². The molecule has 92 valence electrons. The first-order chi connectivity index (χ1) is 7.29. The van der Waals surface area contributed by atoms with Crippen LogP contribution in [-0.2, 0) is 4.79 Å². The average molecular weight is 245 g/mol. The van der Waals surface area contributed by atoms with Crippen molar-refractivity contribution in [3.63, 3.8) is 0 Å². The fourth-order valence-electron chi connectivity index (χ4n) is 3.24. The van der Waals surface area contributed by atoms with Crippen LogP contribution in [0.15, 0.2) is 0 Å². The Morgan fingerprint density at radius 3 is 2.31 bits per heavy atom. The Morgan fingerprint density at radius 1 is 1.19 bits per heavy atom. The van der Waals surface area contributed by atoms with E-state index in [1.807, 2.05) is 0 Å². The van der Waals surface area contributed by atoms with Crippen molar-refractivity contribution in [2.45, 2.75) is 32.1 Å². The van der Waals surface area contributed by atoms with Gasteiger partial charge in [-0.2, -0.15) is 0 Å². The molecule has 16 heavy (non-hydrogen) atoms. The third-order valence-electron chi connectivity index (χ3n) is 4.47. The van der Waals surface area contributed by atoms with Crippen molar-refractivity contribution >= 4 is 18.3 Å². The quantitative estimate of drug-likeness (QED) is 0.757. The summed E-state index contributed by atoms with van der Waals surface area (Å²) in [6, 6.07) is 0. The summed E-state index contributed by atoms with van der Waals surface area (Å²) < 4.78 is 0. The molecule has 2 aliphatic heterocycles. The van der Waals surface area contributed by atoms with Gasteiger partial charge in [0.1, 0.15) is 0 Å². The minimum absolute atomic E-state index is 0. The lowest BCUT2D eigenvalue weighted by molar-refractivity contribution is -0.154. The van der Waals surface area contributed by atoms with Gasteiger partial charge < -0.3 is 10.2 Å². The summed E-state index contributed by atoms with van der Waals surface area (Å²) in [5.74, 6) is 0.762. The first-order valence-electron chi connectivity index (χ1n) is 6.29. The molecule has 3 aliphatic rings. The summed E-state index contributed by atoms with van der Waals surface area (Å²) >= 11 is 0. The van der Waals surface area contributed by atoms with Crippen molar-refractivity contribution in [1.29, 1.82) is 0 Å². The molecule has 1 N–H and O–H groups in total. The Bertz CT molecular complexity index is 264. The number of hydrogen-bond donors (Lipinski definition) is 1. The van der Waals surface area contributed by atoms with Crippen molar-refractivity contribution in [2.75, 3.05) is 26.2 Å². The molecule has 2 heterocycles. The highest BCUT2D eigenvalue weighted by atomic mass is 35.5. The topological polar surface area (TPSA) is 32.3 Å². The first-order valence-corrected chi connectivity index (χ1v) is 6.29. The van der Waals surface area contributed by atoms with Crippen molar-refractivity contribution in [3.05, 3.63) is 0 Å². The highest BCUT2D eigenvalue weighted by Gasteiger charge is 2.49. The van der Waals surface area contributed by atoms with Gasteiger partial charge in [0.15, 0.2) is 0 Å². The zero-order valence-electron chi connectivity index (χ0n) is 9.71. The maximum absolute atomic E-state index is 12.1. The number of nitrogens with one attached hydrogen (secondary N) is 1. The van der Waals surface area contributed by atoms with Gasteiger partial charge in [0.05, 0.1) is 0 Å². The van der Waals surface area contributed by atoms with E-state index in [0.717, 1.165) is 39.0 Å². The van der Waals surface area contributed by atoms with E-state index in [-0.39, 0.29) is 12.4 Å². The lowest BCUT2D eigenvalue weighted by Crippen LogP contribution is -2.62. The molecule has 1 aliphatic carbocycles. The molecular weight excluding hydrogens is 224 g/mol. The largest absolute Gasteiger partial charge is 0.341 e. The Balaban J connectivity index is 0.000000963. The number of likely N-dealkylation sites (tertiary alicyclic amines) is 1. The van der Waals surface area contributed by atoms with Crippen LogP contribution in [0.25, 0.3) is 0 Å². The van der Waals surface area contributed by atoms with E-state index >= 15 is 0 Å². The van der Waals surface area contributed by atoms with Gasteiger partial charge in [0.25, 0.3) is 0 Å². The number of nitrogens with zero attached hydrogens (tertiary/aromatic N) is 1. The molecule has 0 bridgehead atoms. The molecule has 2 saturated heterocycles. The number of halogens is 1. The zero-order chi connectivity index (χ0) is 10.3. The highest BCUT2D eigenvalue weighted by Crippen LogP contribution is 2.48. The van der Waals surface area contributed by atoms with Crippen LogP contribution in [0, 0.1) is 11.3 Å². The zero-order valence-corrected chi connectivity index (χ0v) is 10.5. The normalized spacial score (nSPS) is 27.9. The van der Waals surface area contributed by atoms with Gasteiger partial charge in [-0.15, -0.1) is 12.4 Å². The predicted molar refractivity (Wildman–Crippen MR) is 65.7 cm³/mol. The Hall–Kier alpha value is -0.280. The second-order valence-electron chi connectivity index (χ2n) is 5.57. The molecule has 0 aromatic rings. The van der Waals surface area contributed by atoms with Crippen LogP contribution in [0.1, 0.15) is 32.1 Å². The van der Waals surface area contributed by atoms with Crippen LogP contribution < -0.4 is 5.32 Å². The van der Waals surface area contributed by atoms with E-state index in [9.17, 15) is 4.79 Å². The average Bonchev–Trinajstić information content (AvgIpc) is 2.14. The van der Waals surface area contributed by atoms with E-state index in [0.29, 0.717) is 17.2 Å². The van der Waals surface area contributed by atoms with Crippen molar-refractivity contribution < 1.29 is 4.79 Å². The van der Waals surface area contributed by atoms with E-state index in [1.165, 1.54) is 19.3 Å². The lowest BCUT2D eigenvalue weighted by Gasteiger charge is -2.56. The van der Waals surface area contributed by atoms with E-state index in [4.69, 9.17) is 0 Å². The Labute approximate surface area is 103 Å². The fraction of sp³-hybridized carbons (Fsp3) is 0.917. The number of piperidine rings is 1. The summed E-state index contributed by atoms with van der Waals surface area (Å²) in [4.78, 5) is 14.2. The molecule has 1 amide bonds. The highest BCUT2D eigenvalue weighted by molar-refractivity contribution is 5.85. The predicted octanol–water partition coefficient (Wildman–Crippen LogP) is 1.42. The summed E-state index contributed by atoms with van der Waals surface area (Å²) in [6.07, 6.45) is 6.20. The molecule has 1 spiro atoms. The number of rotatable bonds is 1. The van der Waals surface area contributed by atoms with Crippen LogP contribution in [-0.4, -0.2) is 37.0 Å². The molecule has 0 aromatic heterocycles. The molecule has 1 saturated carbocycles. The standard InChI is InChI=1S/C12H20N2O.ClH/c15-11(10-2-6-13-7-3-10)14-8-12(9-14)4-1-5-12;/h10,13H,1-9H2;1H. The van der Waals surface area contributed by atoms with Crippen molar-refractivity contribution in [1.82, 2.24) is 10.2 Å². The summed E-state index contributed by atoms with van der Waals surface area (Å²) in [5, 5.41) is 3.31. The molecule has 3 fully saturated rings. The van der Waals surface area contributed by atoms with Gasteiger partial charge in [-0.25, -0.2) is 0 Å². The molecule has 0 aromatic carbocycles. The maximum Gasteiger partial charge on any atom is 0.225 e. The van der Waals surface area contributed by atoms with Gasteiger partial charge in [0.2, 0.25) is 5.91 Å². The van der Waals surface area contributed by atoms with Crippen molar-refractivity contribution in [2.24, 2.45) is 11.3 Å². The maximum atomic E-state index is 12.1. The molecule has 3 rings (SSSR count). The van der Waals surface area contributed by atoms with E-state index < -0.39 is 0 Å². The number of carbonyl (C=O) groups is 1. The summed E-state index contributed by atoms with van der Waals surface area (Å²) in [6.45, 7) is 4.18. The third-order valence-corrected chi connectivity index (χ3v) is 4.47. The molecule has 3 nitrogen and oxygen atoms in total. The number of carbonyl (C=O) groups excluding carboxylic acids is 1. The van der Waals surface area contributed by atoms with Gasteiger partial charge in [-0.3, -0.25) is 4.79 Å². The van der Waals surface area contributed by atoms with Crippen LogP contribution in [0.5, 0.6) is 0 Å². The van der Waals surface area contributed by atoms with Crippen LogP contribution in [0.4, 0.5) is 0 Å². The number of hydrogen-bond acceptors (Lipinski definition) is 2. The van der Waals surface area contributed by atoms with E-state index in [1.54, 1.807) is 0 Å². The minimum atomic E-state index is 0. The van der Waals surface area contributed by atoms with Crippen LogP contribution in [0.3, 0.4) is 0 Å². The Morgan fingerprint density at radius 2 is 1.81 bits per heavy atom.